The number of hydrogen-bond donors (Lipinski definition) is 1. The first-order chi connectivity index (χ1) is 9.85. The minimum Gasteiger partial charge on any atom is -0.353 e. The number of hydrogen-bond acceptors (Lipinski definition) is 2. The first kappa shape index (κ1) is 15.6. The van der Waals surface area contributed by atoms with Crippen molar-refractivity contribution < 1.29 is 4.79 Å². The second-order valence-electron chi connectivity index (χ2n) is 6.23. The topological polar surface area (TPSA) is 37.3 Å². The van der Waals surface area contributed by atoms with Gasteiger partial charge in [0.1, 0.15) is 0 Å². The zero-order valence-electron chi connectivity index (χ0n) is 13.1. The zero-order chi connectivity index (χ0) is 15.5. The van der Waals surface area contributed by atoms with E-state index < -0.39 is 0 Å². The van der Waals surface area contributed by atoms with E-state index in [-0.39, 0.29) is 11.6 Å². The van der Waals surface area contributed by atoms with E-state index in [9.17, 15) is 4.79 Å². The molecule has 1 N–H and O–H groups in total. The van der Waals surface area contributed by atoms with Crippen LogP contribution < -0.4 is 5.32 Å². The summed E-state index contributed by atoms with van der Waals surface area (Å²) in [6.45, 7) is 7.22. The standard InChI is InChI=1S/C16H23N3OS/c1-16(2,3)17-15(20)19(12-14-8-6-10-21-14)11-13-7-5-9-18(13)4/h5-10H,11-12H2,1-4H3,(H,17,20). The molecular formula is C16H23N3OS. The molecule has 4 nitrogen and oxygen atoms in total. The van der Waals surface area contributed by atoms with Crippen molar-refractivity contribution in [2.24, 2.45) is 7.05 Å². The summed E-state index contributed by atoms with van der Waals surface area (Å²) in [6, 6.07) is 8.10. The molecule has 0 aliphatic carbocycles. The van der Waals surface area contributed by atoms with Gasteiger partial charge >= 0.3 is 6.03 Å². The van der Waals surface area contributed by atoms with Crippen molar-refractivity contribution >= 4 is 17.4 Å². The maximum atomic E-state index is 12.5. The van der Waals surface area contributed by atoms with Gasteiger partial charge < -0.3 is 14.8 Å². The fourth-order valence-corrected chi connectivity index (χ4v) is 2.77. The number of carbonyl (C=O) groups is 1. The number of aromatic nitrogens is 1. The molecule has 114 valence electrons. The van der Waals surface area contributed by atoms with Crippen LogP contribution in [-0.2, 0) is 20.1 Å². The largest absolute Gasteiger partial charge is 0.353 e. The van der Waals surface area contributed by atoms with Crippen LogP contribution in [-0.4, -0.2) is 21.0 Å². The Hall–Kier alpha value is -1.75. The van der Waals surface area contributed by atoms with Crippen molar-refractivity contribution in [3.05, 3.63) is 46.4 Å². The lowest BCUT2D eigenvalue weighted by Gasteiger charge is -2.28. The third-order valence-corrected chi connectivity index (χ3v) is 3.96. The lowest BCUT2D eigenvalue weighted by molar-refractivity contribution is 0.182. The highest BCUT2D eigenvalue weighted by molar-refractivity contribution is 7.09. The Labute approximate surface area is 130 Å². The van der Waals surface area contributed by atoms with Crippen molar-refractivity contribution in [2.45, 2.75) is 39.4 Å². The molecule has 2 aromatic heterocycles. The van der Waals surface area contributed by atoms with Crippen molar-refractivity contribution in [3.63, 3.8) is 0 Å². The van der Waals surface area contributed by atoms with E-state index in [4.69, 9.17) is 0 Å². The number of nitrogens with zero attached hydrogens (tertiary/aromatic N) is 2. The summed E-state index contributed by atoms with van der Waals surface area (Å²) in [6.07, 6.45) is 2.00. The van der Waals surface area contributed by atoms with Crippen molar-refractivity contribution in [2.75, 3.05) is 0 Å². The van der Waals surface area contributed by atoms with Gasteiger partial charge in [0.05, 0.1) is 13.1 Å². The molecule has 21 heavy (non-hydrogen) atoms. The predicted octanol–water partition coefficient (Wildman–Crippen LogP) is 3.60. The van der Waals surface area contributed by atoms with Crippen molar-refractivity contribution in [1.29, 1.82) is 0 Å². The number of rotatable bonds is 4. The molecule has 5 heteroatoms. The van der Waals surface area contributed by atoms with E-state index >= 15 is 0 Å². The molecule has 0 atom stereocenters. The van der Waals surface area contributed by atoms with Crippen LogP contribution in [0.25, 0.3) is 0 Å². The van der Waals surface area contributed by atoms with E-state index in [1.165, 1.54) is 4.88 Å². The molecule has 2 rings (SSSR count). The minimum absolute atomic E-state index is 0.0305. The van der Waals surface area contributed by atoms with Gasteiger partial charge in [0.2, 0.25) is 0 Å². The number of amides is 2. The van der Waals surface area contributed by atoms with Gasteiger partial charge in [-0.3, -0.25) is 0 Å². The molecule has 0 radical (unpaired) electrons. The van der Waals surface area contributed by atoms with Gasteiger partial charge in [-0.05, 0) is 44.4 Å². The third kappa shape index (κ3) is 4.63. The average molecular weight is 305 g/mol. The van der Waals surface area contributed by atoms with Crippen LogP contribution in [0.15, 0.2) is 35.8 Å². The fraction of sp³-hybridized carbons (Fsp3) is 0.438. The molecular weight excluding hydrogens is 282 g/mol. The third-order valence-electron chi connectivity index (χ3n) is 3.10. The Balaban J connectivity index is 2.13. The summed E-state index contributed by atoms with van der Waals surface area (Å²) in [5, 5.41) is 5.09. The van der Waals surface area contributed by atoms with Gasteiger partial charge in [-0.2, -0.15) is 0 Å². The summed E-state index contributed by atoms with van der Waals surface area (Å²) in [4.78, 5) is 15.6. The van der Waals surface area contributed by atoms with Crippen LogP contribution in [0.4, 0.5) is 4.79 Å². The highest BCUT2D eigenvalue weighted by Crippen LogP contribution is 2.15. The molecule has 2 amide bonds. The second kappa shape index (κ2) is 6.35. The van der Waals surface area contributed by atoms with Crippen LogP contribution in [0.1, 0.15) is 31.3 Å². The van der Waals surface area contributed by atoms with Gasteiger partial charge in [-0.15, -0.1) is 11.3 Å². The lowest BCUT2D eigenvalue weighted by Crippen LogP contribution is -2.48. The molecule has 2 heterocycles. The summed E-state index contributed by atoms with van der Waals surface area (Å²) in [5.74, 6) is 0. The molecule has 0 fully saturated rings. The summed E-state index contributed by atoms with van der Waals surface area (Å²) in [7, 11) is 2.00. The zero-order valence-corrected chi connectivity index (χ0v) is 13.9. The molecule has 0 spiro atoms. The molecule has 0 saturated heterocycles. The SMILES string of the molecule is Cn1cccc1CN(Cc1cccs1)C(=O)NC(C)(C)C. The molecule has 0 unspecified atom stereocenters. The second-order valence-corrected chi connectivity index (χ2v) is 7.26. The number of urea groups is 1. The van der Waals surface area contributed by atoms with E-state index in [2.05, 4.69) is 11.4 Å². The first-order valence-electron chi connectivity index (χ1n) is 7.05. The maximum Gasteiger partial charge on any atom is 0.318 e. The quantitative estimate of drug-likeness (QED) is 0.921. The minimum atomic E-state index is -0.237. The predicted molar refractivity (Wildman–Crippen MR) is 87.3 cm³/mol. The molecule has 0 saturated carbocycles. The highest BCUT2D eigenvalue weighted by Gasteiger charge is 2.21. The van der Waals surface area contributed by atoms with Gasteiger partial charge in [0.15, 0.2) is 0 Å². The number of nitrogens with one attached hydrogen (secondary N) is 1. The van der Waals surface area contributed by atoms with Gasteiger partial charge in [0, 0.05) is 29.4 Å². The smallest absolute Gasteiger partial charge is 0.318 e. The maximum absolute atomic E-state index is 12.5. The number of aryl methyl sites for hydroxylation is 1. The van der Waals surface area contributed by atoms with E-state index in [1.54, 1.807) is 11.3 Å². The van der Waals surface area contributed by atoms with Gasteiger partial charge in [-0.25, -0.2) is 4.79 Å². The fourth-order valence-electron chi connectivity index (χ4n) is 2.05. The number of thiophene rings is 1. The van der Waals surface area contributed by atoms with Crippen LogP contribution in [0, 0.1) is 0 Å². The molecule has 0 bridgehead atoms. The normalized spacial score (nSPS) is 11.4. The molecule has 0 aromatic carbocycles. The molecule has 0 aliphatic rings. The monoisotopic (exact) mass is 305 g/mol. The van der Waals surface area contributed by atoms with E-state index in [0.29, 0.717) is 13.1 Å². The Morgan fingerprint density at radius 2 is 2.05 bits per heavy atom. The van der Waals surface area contributed by atoms with Crippen molar-refractivity contribution in [1.82, 2.24) is 14.8 Å². The van der Waals surface area contributed by atoms with Crippen LogP contribution in [0.2, 0.25) is 0 Å². The van der Waals surface area contributed by atoms with E-state index in [0.717, 1.165) is 5.69 Å². The number of carbonyl (C=O) groups excluding carboxylic acids is 1. The summed E-state index contributed by atoms with van der Waals surface area (Å²) >= 11 is 1.67. The van der Waals surface area contributed by atoms with E-state index in [1.807, 2.05) is 67.1 Å². The Bertz CT molecular complexity index is 581. The van der Waals surface area contributed by atoms with Crippen molar-refractivity contribution in [3.8, 4) is 0 Å². The Morgan fingerprint density at radius 3 is 2.57 bits per heavy atom. The molecule has 2 aromatic rings. The van der Waals surface area contributed by atoms with Gasteiger partial charge in [-0.1, -0.05) is 6.07 Å². The Morgan fingerprint density at radius 1 is 1.29 bits per heavy atom. The highest BCUT2D eigenvalue weighted by atomic mass is 32.1. The Kier molecular flexibility index (Phi) is 4.73. The first-order valence-corrected chi connectivity index (χ1v) is 7.93. The average Bonchev–Trinajstić information content (AvgIpc) is 2.99. The summed E-state index contributed by atoms with van der Waals surface area (Å²) < 4.78 is 2.05. The van der Waals surface area contributed by atoms with Crippen LogP contribution in [0.3, 0.4) is 0 Å². The van der Waals surface area contributed by atoms with Gasteiger partial charge in [0.25, 0.3) is 0 Å². The van der Waals surface area contributed by atoms with Crippen LogP contribution >= 0.6 is 11.3 Å². The molecule has 0 aliphatic heterocycles. The summed E-state index contributed by atoms with van der Waals surface area (Å²) in [5.41, 5.74) is 0.884. The lowest BCUT2D eigenvalue weighted by atomic mass is 10.1. The van der Waals surface area contributed by atoms with Crippen LogP contribution in [0.5, 0.6) is 0 Å².